The molecule has 0 saturated heterocycles. The zero-order chi connectivity index (χ0) is 13.2. The van der Waals surface area contributed by atoms with E-state index in [1.54, 1.807) is 0 Å². The molecule has 0 saturated carbocycles. The molecular formula is C15H31Br. The number of halogens is 1. The molecule has 0 fully saturated rings. The molecule has 1 unspecified atom stereocenters. The van der Waals surface area contributed by atoms with Crippen LogP contribution in [0.1, 0.15) is 68.2 Å². The highest BCUT2D eigenvalue weighted by atomic mass is 79.9. The van der Waals surface area contributed by atoms with Crippen molar-refractivity contribution in [2.24, 2.45) is 22.2 Å². The monoisotopic (exact) mass is 290 g/mol. The predicted molar refractivity (Wildman–Crippen MR) is 79.2 cm³/mol. The molecule has 0 spiro atoms. The van der Waals surface area contributed by atoms with Crippen LogP contribution in [-0.4, -0.2) is 5.33 Å². The SMILES string of the molecule is CC(C)(C)CC(CC(C)(C)CBr)C(C)(C)C. The Kier molecular flexibility index (Phi) is 5.58. The van der Waals surface area contributed by atoms with Crippen molar-refractivity contribution in [1.82, 2.24) is 0 Å². The maximum Gasteiger partial charge on any atom is 0.00827 e. The number of hydrogen-bond donors (Lipinski definition) is 0. The highest BCUT2D eigenvalue weighted by Crippen LogP contribution is 2.43. The largest absolute Gasteiger partial charge is 0.0922 e. The molecule has 0 N–H and O–H groups in total. The molecule has 0 radical (unpaired) electrons. The second kappa shape index (κ2) is 5.42. The zero-order valence-electron chi connectivity index (χ0n) is 12.6. The quantitative estimate of drug-likeness (QED) is 0.566. The molecule has 0 rings (SSSR count). The molecule has 0 amide bonds. The molecule has 0 aliphatic heterocycles. The third-order valence-electron chi connectivity index (χ3n) is 3.24. The Morgan fingerprint density at radius 3 is 1.50 bits per heavy atom. The van der Waals surface area contributed by atoms with Gasteiger partial charge in [0.1, 0.15) is 0 Å². The molecule has 1 atom stereocenters. The van der Waals surface area contributed by atoms with Crippen LogP contribution in [0.2, 0.25) is 0 Å². The van der Waals surface area contributed by atoms with Gasteiger partial charge >= 0.3 is 0 Å². The van der Waals surface area contributed by atoms with Gasteiger partial charge in [-0.05, 0) is 35.0 Å². The van der Waals surface area contributed by atoms with Crippen molar-refractivity contribution in [2.75, 3.05) is 5.33 Å². The molecule has 98 valence electrons. The summed E-state index contributed by atoms with van der Waals surface area (Å²) in [5.74, 6) is 0.792. The summed E-state index contributed by atoms with van der Waals surface area (Å²) < 4.78 is 0. The maximum atomic E-state index is 3.65. The third-order valence-corrected chi connectivity index (χ3v) is 4.76. The molecule has 0 aromatic heterocycles. The summed E-state index contributed by atoms with van der Waals surface area (Å²) in [7, 11) is 0. The summed E-state index contributed by atoms with van der Waals surface area (Å²) >= 11 is 3.65. The first-order valence-electron chi connectivity index (χ1n) is 6.43. The molecular weight excluding hydrogens is 260 g/mol. The van der Waals surface area contributed by atoms with Crippen LogP contribution in [0, 0.1) is 22.2 Å². The van der Waals surface area contributed by atoms with Gasteiger partial charge in [-0.15, -0.1) is 0 Å². The van der Waals surface area contributed by atoms with Gasteiger partial charge in [-0.3, -0.25) is 0 Å². The van der Waals surface area contributed by atoms with Crippen molar-refractivity contribution < 1.29 is 0 Å². The van der Waals surface area contributed by atoms with E-state index in [0.717, 1.165) is 11.2 Å². The molecule has 0 aromatic rings. The molecule has 0 aromatic carbocycles. The average molecular weight is 291 g/mol. The van der Waals surface area contributed by atoms with E-state index in [1.165, 1.54) is 12.8 Å². The first kappa shape index (κ1) is 16.5. The van der Waals surface area contributed by atoms with Gasteiger partial charge in [0.15, 0.2) is 0 Å². The maximum absolute atomic E-state index is 3.65. The fraction of sp³-hybridized carbons (Fsp3) is 1.00. The molecule has 0 heterocycles. The smallest absolute Gasteiger partial charge is 0.00827 e. The Balaban J connectivity index is 4.71. The first-order valence-corrected chi connectivity index (χ1v) is 7.55. The van der Waals surface area contributed by atoms with E-state index >= 15 is 0 Å². The van der Waals surface area contributed by atoms with Crippen molar-refractivity contribution in [3.8, 4) is 0 Å². The molecule has 0 aliphatic carbocycles. The molecule has 0 bridgehead atoms. The minimum atomic E-state index is 0.406. The van der Waals surface area contributed by atoms with Crippen molar-refractivity contribution in [1.29, 1.82) is 0 Å². The van der Waals surface area contributed by atoms with Crippen LogP contribution in [0.4, 0.5) is 0 Å². The van der Waals surface area contributed by atoms with Gasteiger partial charge in [0.05, 0.1) is 0 Å². The topological polar surface area (TPSA) is 0 Å². The van der Waals surface area contributed by atoms with Crippen LogP contribution in [0.5, 0.6) is 0 Å². The number of rotatable bonds is 4. The van der Waals surface area contributed by atoms with Gasteiger partial charge in [0, 0.05) is 5.33 Å². The van der Waals surface area contributed by atoms with Crippen molar-refractivity contribution in [3.05, 3.63) is 0 Å². The second-order valence-electron chi connectivity index (χ2n) is 8.33. The van der Waals surface area contributed by atoms with Crippen molar-refractivity contribution >= 4 is 15.9 Å². The van der Waals surface area contributed by atoms with Crippen LogP contribution >= 0.6 is 15.9 Å². The van der Waals surface area contributed by atoms with E-state index in [9.17, 15) is 0 Å². The Morgan fingerprint density at radius 2 is 1.25 bits per heavy atom. The standard InChI is InChI=1S/C15H31Br/c1-13(2,3)9-12(14(4,5)6)10-15(7,8)11-16/h12H,9-11H2,1-8H3. The summed E-state index contributed by atoms with van der Waals surface area (Å²) in [6.45, 7) is 18.9. The summed E-state index contributed by atoms with van der Waals surface area (Å²) in [6.07, 6.45) is 2.62. The normalized spacial score (nSPS) is 16.3. The lowest BCUT2D eigenvalue weighted by Crippen LogP contribution is -2.30. The van der Waals surface area contributed by atoms with E-state index in [0.29, 0.717) is 16.2 Å². The van der Waals surface area contributed by atoms with Gasteiger partial charge in [-0.2, -0.15) is 0 Å². The lowest BCUT2D eigenvalue weighted by Gasteiger charge is -2.40. The Morgan fingerprint density at radius 1 is 0.812 bits per heavy atom. The average Bonchev–Trinajstić information content (AvgIpc) is 1.98. The Hall–Kier alpha value is 0.480. The van der Waals surface area contributed by atoms with Crippen molar-refractivity contribution in [3.63, 3.8) is 0 Å². The molecule has 16 heavy (non-hydrogen) atoms. The van der Waals surface area contributed by atoms with Gasteiger partial charge in [-0.1, -0.05) is 71.3 Å². The van der Waals surface area contributed by atoms with Crippen molar-refractivity contribution in [2.45, 2.75) is 68.2 Å². The number of alkyl halides is 1. The minimum absolute atomic E-state index is 0.406. The summed E-state index contributed by atoms with van der Waals surface area (Å²) in [6, 6.07) is 0. The van der Waals surface area contributed by atoms with Crippen LogP contribution in [0.3, 0.4) is 0 Å². The van der Waals surface area contributed by atoms with Gasteiger partial charge in [-0.25, -0.2) is 0 Å². The van der Waals surface area contributed by atoms with E-state index in [4.69, 9.17) is 0 Å². The first-order chi connectivity index (χ1) is 6.87. The summed E-state index contributed by atoms with van der Waals surface area (Å²) in [4.78, 5) is 0. The fourth-order valence-corrected chi connectivity index (χ4v) is 2.37. The highest BCUT2D eigenvalue weighted by Gasteiger charge is 2.33. The van der Waals surface area contributed by atoms with E-state index in [-0.39, 0.29) is 0 Å². The molecule has 0 aliphatic rings. The van der Waals surface area contributed by atoms with Gasteiger partial charge < -0.3 is 0 Å². The predicted octanol–water partition coefficient (Wildman–Crippen LogP) is 5.90. The molecule has 1 heteroatoms. The van der Waals surface area contributed by atoms with Gasteiger partial charge in [0.2, 0.25) is 0 Å². The van der Waals surface area contributed by atoms with Crippen LogP contribution in [-0.2, 0) is 0 Å². The lowest BCUT2D eigenvalue weighted by molar-refractivity contribution is 0.117. The summed E-state index contributed by atoms with van der Waals surface area (Å²) in [5, 5.41) is 1.09. The summed E-state index contributed by atoms with van der Waals surface area (Å²) in [5.41, 5.74) is 1.25. The van der Waals surface area contributed by atoms with Crippen LogP contribution in [0.15, 0.2) is 0 Å². The zero-order valence-corrected chi connectivity index (χ0v) is 14.2. The Labute approximate surface area is 112 Å². The van der Waals surface area contributed by atoms with E-state index in [2.05, 4.69) is 71.3 Å². The Bertz CT molecular complexity index is 202. The van der Waals surface area contributed by atoms with Crippen LogP contribution in [0.25, 0.3) is 0 Å². The highest BCUT2D eigenvalue weighted by molar-refractivity contribution is 9.09. The van der Waals surface area contributed by atoms with E-state index < -0.39 is 0 Å². The third kappa shape index (κ3) is 6.93. The second-order valence-corrected chi connectivity index (χ2v) is 8.89. The van der Waals surface area contributed by atoms with E-state index in [1.807, 2.05) is 0 Å². The van der Waals surface area contributed by atoms with Crippen LogP contribution < -0.4 is 0 Å². The van der Waals surface area contributed by atoms with Gasteiger partial charge in [0.25, 0.3) is 0 Å². The minimum Gasteiger partial charge on any atom is -0.0922 e. The molecule has 0 nitrogen and oxygen atoms in total. The lowest BCUT2D eigenvalue weighted by atomic mass is 9.66. The number of hydrogen-bond acceptors (Lipinski definition) is 0. The fourth-order valence-electron chi connectivity index (χ4n) is 2.15.